The Morgan fingerprint density at radius 2 is 1.64 bits per heavy atom. The van der Waals surface area contributed by atoms with Crippen LogP contribution in [-0.2, 0) is 33.0 Å². The number of amides is 3. The summed E-state index contributed by atoms with van der Waals surface area (Å²) in [5.41, 5.74) is 2.59. The van der Waals surface area contributed by atoms with Crippen LogP contribution in [0.5, 0.6) is 0 Å². The third kappa shape index (κ3) is 6.09. The molecule has 2 fully saturated rings. The zero-order valence-corrected chi connectivity index (χ0v) is 27.6. The highest BCUT2D eigenvalue weighted by Gasteiger charge is 2.53. The normalized spacial score (nSPS) is 20.1. The second-order valence-corrected chi connectivity index (χ2v) is 12.6. The van der Waals surface area contributed by atoms with Crippen LogP contribution in [0.1, 0.15) is 41.6 Å². The molecule has 50 heavy (non-hydrogen) atoms. The van der Waals surface area contributed by atoms with Gasteiger partial charge in [-0.15, -0.1) is 5.10 Å². The zero-order chi connectivity index (χ0) is 34.8. The molecule has 7 rings (SSSR count). The molecule has 0 saturated carbocycles. The van der Waals surface area contributed by atoms with Gasteiger partial charge in [0.05, 0.1) is 43.5 Å². The Kier molecular flexibility index (Phi) is 9.08. The van der Waals surface area contributed by atoms with E-state index in [0.29, 0.717) is 61.0 Å². The molecule has 3 aromatic carbocycles. The van der Waals surface area contributed by atoms with E-state index in [1.54, 1.807) is 39.6 Å². The number of aliphatic hydroxyl groups is 2. The number of aryl methyl sites for hydroxylation is 1. The van der Waals surface area contributed by atoms with Gasteiger partial charge in [-0.2, -0.15) is 0 Å². The summed E-state index contributed by atoms with van der Waals surface area (Å²) in [5.74, 6) is -1.42. The maximum Gasteiger partial charge on any atom is 0.414 e. The number of rotatable bonds is 12. The molecule has 0 bridgehead atoms. The van der Waals surface area contributed by atoms with E-state index in [9.17, 15) is 24.6 Å². The number of hydrogen-bond donors (Lipinski definition) is 2. The van der Waals surface area contributed by atoms with Crippen molar-refractivity contribution in [2.45, 2.75) is 38.0 Å². The molecule has 13 heteroatoms. The molecular weight excluding hydrogens is 640 g/mol. The lowest BCUT2D eigenvalue weighted by atomic mass is 9.82. The molecule has 0 spiro atoms. The van der Waals surface area contributed by atoms with E-state index in [4.69, 9.17) is 9.47 Å². The molecule has 258 valence electrons. The number of hydrogen-bond acceptors (Lipinski definition) is 9. The van der Waals surface area contributed by atoms with E-state index in [1.165, 1.54) is 4.90 Å². The van der Waals surface area contributed by atoms with Crippen LogP contribution < -0.4 is 14.7 Å². The Morgan fingerprint density at radius 1 is 0.920 bits per heavy atom. The van der Waals surface area contributed by atoms with Crippen molar-refractivity contribution in [3.63, 3.8) is 0 Å². The van der Waals surface area contributed by atoms with Crippen LogP contribution in [0, 0.1) is 5.92 Å². The van der Waals surface area contributed by atoms with Gasteiger partial charge in [0.25, 0.3) is 5.91 Å². The van der Waals surface area contributed by atoms with Crippen LogP contribution in [0.4, 0.5) is 26.7 Å². The fourth-order valence-corrected chi connectivity index (χ4v) is 6.80. The van der Waals surface area contributed by atoms with E-state index in [-0.39, 0.29) is 25.7 Å². The smallest absolute Gasteiger partial charge is 0.414 e. The fraction of sp³-hybridized carbons (Fsp3) is 0.324. The van der Waals surface area contributed by atoms with Crippen molar-refractivity contribution >= 4 is 35.2 Å². The Labute approximate surface area is 288 Å². The van der Waals surface area contributed by atoms with Crippen molar-refractivity contribution < 1.29 is 34.1 Å². The molecule has 3 atom stereocenters. The number of fused-ring (bicyclic) bond motifs is 1. The standard InChI is InChI=1S/C37H38N6O7/c1-25(8-5-6-15-40-23-32(38-39-40)30(24-44)27-10-3-2-4-11-27)37(48)31-21-29(42-17-19-50-36(42)47)13-14-33(31)43(34(37)45)22-26-9-7-12-28(20-26)41-16-18-49-35(41)46/h2-5,7-14,20-21,23,25,30,44,48H,6,15-19,22,24H2,1H3/b8-5+/t25-,30?,37+/m1/s1. The Hall–Kier alpha value is -5.53. The highest BCUT2D eigenvalue weighted by atomic mass is 16.6. The number of anilines is 3. The van der Waals surface area contributed by atoms with Crippen molar-refractivity contribution in [2.75, 3.05) is 47.6 Å². The summed E-state index contributed by atoms with van der Waals surface area (Å²) in [6, 6.07) is 22.2. The summed E-state index contributed by atoms with van der Waals surface area (Å²) in [7, 11) is 0. The highest BCUT2D eigenvalue weighted by Crippen LogP contribution is 2.47. The molecule has 4 aromatic rings. The van der Waals surface area contributed by atoms with Crippen LogP contribution in [0.3, 0.4) is 0 Å². The van der Waals surface area contributed by atoms with E-state index in [1.807, 2.05) is 72.9 Å². The lowest BCUT2D eigenvalue weighted by Crippen LogP contribution is -2.44. The second kappa shape index (κ2) is 13.8. The van der Waals surface area contributed by atoms with Crippen molar-refractivity contribution in [1.29, 1.82) is 0 Å². The Morgan fingerprint density at radius 3 is 2.32 bits per heavy atom. The van der Waals surface area contributed by atoms with Crippen LogP contribution >= 0.6 is 0 Å². The summed E-state index contributed by atoms with van der Waals surface area (Å²) in [6.07, 6.45) is 5.19. The minimum Gasteiger partial charge on any atom is -0.447 e. The van der Waals surface area contributed by atoms with Crippen molar-refractivity contribution in [1.82, 2.24) is 15.0 Å². The molecule has 0 radical (unpaired) electrons. The Balaban J connectivity index is 1.11. The average Bonchev–Trinajstić information content (AvgIpc) is 3.93. The summed E-state index contributed by atoms with van der Waals surface area (Å²) < 4.78 is 11.9. The number of aromatic nitrogens is 3. The molecule has 1 aromatic heterocycles. The van der Waals surface area contributed by atoms with Gasteiger partial charge in [-0.05, 0) is 47.9 Å². The zero-order valence-electron chi connectivity index (χ0n) is 27.6. The number of aliphatic hydroxyl groups excluding tert-OH is 1. The van der Waals surface area contributed by atoms with Gasteiger partial charge in [-0.25, -0.2) is 9.59 Å². The van der Waals surface area contributed by atoms with Crippen molar-refractivity contribution in [2.24, 2.45) is 5.92 Å². The predicted molar refractivity (Wildman–Crippen MR) is 184 cm³/mol. The van der Waals surface area contributed by atoms with Crippen LogP contribution in [-0.4, -0.2) is 76.2 Å². The third-order valence-corrected chi connectivity index (χ3v) is 9.56. The number of benzene rings is 3. The molecule has 2 N–H and O–H groups in total. The topological polar surface area (TPSA) is 151 Å². The van der Waals surface area contributed by atoms with Gasteiger partial charge in [0, 0.05) is 35.6 Å². The van der Waals surface area contributed by atoms with Crippen molar-refractivity contribution in [3.05, 3.63) is 114 Å². The number of ether oxygens (including phenoxy) is 2. The second-order valence-electron chi connectivity index (χ2n) is 12.6. The number of allylic oxidation sites excluding steroid dienone is 1. The SMILES string of the molecule is C[C@H](/C=C/CCn1cc(C(CO)c2ccccc2)nn1)[C@@]1(O)C(=O)N(Cc2cccc(N3CCOC3=O)c2)c2ccc(N3CCOC3=O)cc21. The van der Waals surface area contributed by atoms with Gasteiger partial charge >= 0.3 is 12.2 Å². The number of cyclic esters (lactones) is 2. The lowest BCUT2D eigenvalue weighted by Gasteiger charge is -2.28. The highest BCUT2D eigenvalue weighted by molar-refractivity contribution is 6.08. The van der Waals surface area contributed by atoms with Crippen molar-refractivity contribution in [3.8, 4) is 0 Å². The summed E-state index contributed by atoms with van der Waals surface area (Å²) in [4.78, 5) is 43.5. The number of carbonyl (C=O) groups excluding carboxylic acids is 3. The van der Waals surface area contributed by atoms with Gasteiger partial charge in [0.2, 0.25) is 0 Å². The first kappa shape index (κ1) is 33.0. The maximum atomic E-state index is 14.3. The number of nitrogens with zero attached hydrogens (tertiary/aromatic N) is 6. The molecular formula is C37H38N6O7. The van der Waals surface area contributed by atoms with E-state index < -0.39 is 29.6 Å². The summed E-state index contributed by atoms with van der Waals surface area (Å²) in [6.45, 7) is 3.72. The van der Waals surface area contributed by atoms with E-state index >= 15 is 0 Å². The van der Waals surface area contributed by atoms with Crippen LogP contribution in [0.2, 0.25) is 0 Å². The maximum absolute atomic E-state index is 14.3. The minimum atomic E-state index is -1.92. The molecule has 1 unspecified atom stereocenters. The van der Waals surface area contributed by atoms with E-state index in [0.717, 1.165) is 11.1 Å². The van der Waals surface area contributed by atoms with E-state index in [2.05, 4.69) is 10.3 Å². The lowest BCUT2D eigenvalue weighted by molar-refractivity contribution is -0.139. The van der Waals surface area contributed by atoms with Gasteiger partial charge in [0.15, 0.2) is 5.60 Å². The van der Waals surface area contributed by atoms with Gasteiger partial charge in [0.1, 0.15) is 13.2 Å². The van der Waals surface area contributed by atoms with Gasteiger partial charge in [-0.3, -0.25) is 19.3 Å². The summed E-state index contributed by atoms with van der Waals surface area (Å²) in [5, 5.41) is 30.9. The van der Waals surface area contributed by atoms with Crippen LogP contribution in [0.25, 0.3) is 0 Å². The first-order valence-corrected chi connectivity index (χ1v) is 16.7. The third-order valence-electron chi connectivity index (χ3n) is 9.56. The molecule has 3 aliphatic heterocycles. The quantitative estimate of drug-likeness (QED) is 0.209. The molecule has 0 aliphatic carbocycles. The number of carbonyl (C=O) groups is 3. The largest absolute Gasteiger partial charge is 0.447 e. The average molecular weight is 679 g/mol. The Bertz CT molecular complexity index is 1930. The minimum absolute atomic E-state index is 0.0929. The first-order chi connectivity index (χ1) is 24.3. The molecule has 13 nitrogen and oxygen atoms in total. The molecule has 3 amide bonds. The molecule has 3 aliphatic rings. The fourth-order valence-electron chi connectivity index (χ4n) is 6.80. The van der Waals surface area contributed by atoms with Gasteiger partial charge < -0.3 is 24.6 Å². The predicted octanol–water partition coefficient (Wildman–Crippen LogP) is 4.33. The van der Waals surface area contributed by atoms with Crippen LogP contribution in [0.15, 0.2) is 91.1 Å². The first-order valence-electron chi connectivity index (χ1n) is 16.7. The molecule has 4 heterocycles. The summed E-state index contributed by atoms with van der Waals surface area (Å²) >= 11 is 0. The van der Waals surface area contributed by atoms with Gasteiger partial charge in [-0.1, -0.05) is 66.8 Å². The molecule has 2 saturated heterocycles. The monoisotopic (exact) mass is 678 g/mol.